The van der Waals surface area contributed by atoms with Gasteiger partial charge in [0.15, 0.2) is 0 Å². The molecule has 0 heterocycles. The minimum Gasteiger partial charge on any atom is -0.493 e. The van der Waals surface area contributed by atoms with Crippen molar-refractivity contribution < 1.29 is 29.3 Å². The van der Waals surface area contributed by atoms with Gasteiger partial charge in [-0.2, -0.15) is 0 Å². The quantitative estimate of drug-likeness (QED) is 0.183. The molecule has 0 radical (unpaired) electrons. The van der Waals surface area contributed by atoms with Crippen LogP contribution < -0.4 is 21.1 Å². The molecule has 1 aromatic rings. The number of carbonyl (C=O) groups excluding carboxylic acids is 2. The lowest BCUT2D eigenvalue weighted by Gasteiger charge is -2.39. The maximum Gasteiger partial charge on any atom is 0.255 e. The zero-order valence-electron chi connectivity index (χ0n) is 25.2. The third-order valence-corrected chi connectivity index (χ3v) is 8.38. The van der Waals surface area contributed by atoms with Crippen molar-refractivity contribution in [2.45, 2.75) is 90.9 Å². The Morgan fingerprint density at radius 2 is 1.75 bits per heavy atom. The Kier molecular flexibility index (Phi) is 14.4. The molecule has 9 nitrogen and oxygen atoms in total. The van der Waals surface area contributed by atoms with E-state index in [0.717, 1.165) is 38.5 Å². The number of methoxy groups -OCH3 is 1. The number of ether oxygens (including phenoxy) is 2. The summed E-state index contributed by atoms with van der Waals surface area (Å²) in [6, 6.07) is 6.62. The van der Waals surface area contributed by atoms with Crippen molar-refractivity contribution in [3.8, 4) is 5.75 Å². The number of nitrogens with two attached hydrogens (primary N) is 1. The summed E-state index contributed by atoms with van der Waals surface area (Å²) < 4.78 is 10.9. The van der Waals surface area contributed by atoms with E-state index in [4.69, 9.17) is 15.2 Å². The van der Waals surface area contributed by atoms with E-state index in [0.29, 0.717) is 37.5 Å². The standard InChI is InChI=1S/C31H53N3O6/c1-21(2)22(19-33-29(37)23-12-6-9-15-28(23)40-17-11-10-16-39-5)18-25(32)27(36)20-34-30(38)31(3,4)24-13-7-8-14-26(24)35/h6,9,12,15,21-22,24-27,35-36H,7-8,10-11,13-14,16-20,32H2,1-5H3,(H,33,37)(H,34,38). The van der Waals surface area contributed by atoms with Crippen LogP contribution >= 0.6 is 0 Å². The minimum atomic E-state index is -0.930. The van der Waals surface area contributed by atoms with Gasteiger partial charge >= 0.3 is 0 Å². The molecule has 1 saturated carbocycles. The summed E-state index contributed by atoms with van der Waals surface area (Å²) in [4.78, 5) is 26.0. The molecule has 1 aliphatic carbocycles. The van der Waals surface area contributed by atoms with Crippen LogP contribution in [-0.2, 0) is 9.53 Å². The number of carbonyl (C=O) groups is 2. The number of aliphatic hydroxyl groups excluding tert-OH is 2. The summed E-state index contributed by atoms with van der Waals surface area (Å²) >= 11 is 0. The Balaban J connectivity index is 1.87. The number of amides is 2. The molecule has 5 atom stereocenters. The third kappa shape index (κ3) is 10.3. The molecule has 2 rings (SSSR count). The lowest BCUT2D eigenvalue weighted by atomic mass is 9.69. The molecule has 9 heteroatoms. The van der Waals surface area contributed by atoms with Crippen LogP contribution in [0.4, 0.5) is 0 Å². The summed E-state index contributed by atoms with van der Waals surface area (Å²) in [7, 11) is 1.67. The Bertz CT molecular complexity index is 909. The number of unbranched alkanes of at least 4 members (excludes halogenated alkanes) is 1. The van der Waals surface area contributed by atoms with Crippen LogP contribution in [0.25, 0.3) is 0 Å². The van der Waals surface area contributed by atoms with Crippen molar-refractivity contribution in [1.29, 1.82) is 0 Å². The van der Waals surface area contributed by atoms with Gasteiger partial charge in [-0.05, 0) is 62.0 Å². The van der Waals surface area contributed by atoms with Gasteiger partial charge in [-0.25, -0.2) is 0 Å². The van der Waals surface area contributed by atoms with Gasteiger partial charge in [0.2, 0.25) is 5.91 Å². The number of hydrogen-bond acceptors (Lipinski definition) is 7. The summed E-state index contributed by atoms with van der Waals surface area (Å²) in [5, 5.41) is 27.1. The van der Waals surface area contributed by atoms with Crippen molar-refractivity contribution in [2.75, 3.05) is 33.4 Å². The molecule has 1 fully saturated rings. The second-order valence-corrected chi connectivity index (χ2v) is 12.1. The molecule has 228 valence electrons. The van der Waals surface area contributed by atoms with E-state index in [-0.39, 0.29) is 36.1 Å². The Morgan fingerprint density at radius 3 is 2.42 bits per heavy atom. The fourth-order valence-electron chi connectivity index (χ4n) is 5.43. The zero-order valence-corrected chi connectivity index (χ0v) is 25.2. The lowest BCUT2D eigenvalue weighted by molar-refractivity contribution is -0.137. The number of rotatable bonds is 17. The SMILES string of the molecule is COCCCCOc1ccccc1C(=O)NCC(CC(N)C(O)CNC(=O)C(C)(C)C1CCCCC1O)C(C)C. The number of hydrogen-bond donors (Lipinski definition) is 5. The average Bonchev–Trinajstić information content (AvgIpc) is 2.93. The van der Waals surface area contributed by atoms with Crippen LogP contribution in [-0.4, -0.2) is 73.7 Å². The molecule has 2 amide bonds. The molecule has 5 unspecified atom stereocenters. The molecule has 6 N–H and O–H groups in total. The van der Waals surface area contributed by atoms with Gasteiger partial charge in [0, 0.05) is 38.3 Å². The smallest absolute Gasteiger partial charge is 0.255 e. The van der Waals surface area contributed by atoms with E-state index >= 15 is 0 Å². The van der Waals surface area contributed by atoms with Crippen molar-refractivity contribution in [1.82, 2.24) is 10.6 Å². The van der Waals surface area contributed by atoms with E-state index in [1.54, 1.807) is 19.2 Å². The Labute approximate surface area is 240 Å². The molecule has 0 spiro atoms. The topological polar surface area (TPSA) is 143 Å². The first-order valence-corrected chi connectivity index (χ1v) is 14.9. The average molecular weight is 564 g/mol. The number of nitrogens with one attached hydrogen (secondary N) is 2. The van der Waals surface area contributed by atoms with E-state index in [1.807, 2.05) is 26.0 Å². The van der Waals surface area contributed by atoms with Gasteiger partial charge in [0.1, 0.15) is 5.75 Å². The first kappa shape index (κ1) is 34.0. The van der Waals surface area contributed by atoms with E-state index in [1.165, 1.54) is 0 Å². The van der Waals surface area contributed by atoms with Crippen LogP contribution in [0.5, 0.6) is 5.75 Å². The van der Waals surface area contributed by atoms with Gasteiger partial charge in [-0.15, -0.1) is 0 Å². The summed E-state index contributed by atoms with van der Waals surface area (Å²) in [6.07, 6.45) is 4.31. The normalized spacial score (nSPS) is 20.0. The van der Waals surface area contributed by atoms with Crippen LogP contribution in [0.1, 0.15) is 83.0 Å². The van der Waals surface area contributed by atoms with E-state index < -0.39 is 23.7 Å². The second kappa shape index (κ2) is 16.9. The molecule has 0 bridgehead atoms. The Hall–Kier alpha value is -2.20. The van der Waals surface area contributed by atoms with Crippen LogP contribution in [0.3, 0.4) is 0 Å². The van der Waals surface area contributed by atoms with Crippen molar-refractivity contribution in [3.05, 3.63) is 29.8 Å². The van der Waals surface area contributed by atoms with Crippen molar-refractivity contribution in [3.63, 3.8) is 0 Å². The van der Waals surface area contributed by atoms with Crippen LogP contribution in [0.15, 0.2) is 24.3 Å². The molecule has 40 heavy (non-hydrogen) atoms. The highest BCUT2D eigenvalue weighted by molar-refractivity contribution is 5.96. The summed E-state index contributed by atoms with van der Waals surface area (Å²) in [6.45, 7) is 9.46. The predicted molar refractivity (Wildman–Crippen MR) is 157 cm³/mol. The van der Waals surface area contributed by atoms with Crippen molar-refractivity contribution >= 4 is 11.8 Å². The summed E-state index contributed by atoms with van der Waals surface area (Å²) in [5.74, 6) is 0.285. The predicted octanol–water partition coefficient (Wildman–Crippen LogP) is 3.27. The van der Waals surface area contributed by atoms with Gasteiger partial charge in [-0.1, -0.05) is 52.7 Å². The zero-order chi connectivity index (χ0) is 29.7. The summed E-state index contributed by atoms with van der Waals surface area (Å²) in [5.41, 5.74) is 6.11. The van der Waals surface area contributed by atoms with Crippen LogP contribution in [0, 0.1) is 23.2 Å². The number of benzene rings is 1. The fraction of sp³-hybridized carbons (Fsp3) is 0.742. The monoisotopic (exact) mass is 563 g/mol. The maximum absolute atomic E-state index is 13.0. The second-order valence-electron chi connectivity index (χ2n) is 12.1. The highest BCUT2D eigenvalue weighted by Gasteiger charge is 2.41. The fourth-order valence-corrected chi connectivity index (χ4v) is 5.43. The molecular formula is C31H53N3O6. The molecule has 1 aromatic carbocycles. The first-order valence-electron chi connectivity index (χ1n) is 14.9. The van der Waals surface area contributed by atoms with E-state index in [9.17, 15) is 19.8 Å². The van der Waals surface area contributed by atoms with E-state index in [2.05, 4.69) is 24.5 Å². The van der Waals surface area contributed by atoms with Gasteiger partial charge in [0.05, 0.1) is 24.4 Å². The molecule has 0 saturated heterocycles. The third-order valence-electron chi connectivity index (χ3n) is 8.38. The first-order chi connectivity index (χ1) is 19.0. The highest BCUT2D eigenvalue weighted by Crippen LogP contribution is 2.38. The number of para-hydroxylation sites is 1. The van der Waals surface area contributed by atoms with Gasteiger partial charge < -0.3 is 36.1 Å². The molecule has 0 aromatic heterocycles. The van der Waals surface area contributed by atoms with Gasteiger partial charge in [-0.3, -0.25) is 9.59 Å². The van der Waals surface area contributed by atoms with Crippen molar-refractivity contribution in [2.24, 2.45) is 28.9 Å². The minimum absolute atomic E-state index is 0.0280. The highest BCUT2D eigenvalue weighted by atomic mass is 16.5. The number of aliphatic hydroxyl groups is 2. The maximum atomic E-state index is 13.0. The molecule has 0 aliphatic heterocycles. The van der Waals surface area contributed by atoms with Gasteiger partial charge in [0.25, 0.3) is 5.91 Å². The Morgan fingerprint density at radius 1 is 1.07 bits per heavy atom. The van der Waals surface area contributed by atoms with Crippen LogP contribution in [0.2, 0.25) is 0 Å². The molecular weight excluding hydrogens is 510 g/mol. The molecule has 1 aliphatic rings. The lowest BCUT2D eigenvalue weighted by Crippen LogP contribution is -2.51. The largest absolute Gasteiger partial charge is 0.493 e.